The molecule has 1 aliphatic rings. The zero-order valence-corrected chi connectivity index (χ0v) is 18.3. The minimum Gasteiger partial charge on any atom is -0.301 e. The van der Waals surface area contributed by atoms with E-state index in [1.54, 1.807) is 0 Å². The van der Waals surface area contributed by atoms with E-state index in [1.165, 1.54) is 60.5 Å². The summed E-state index contributed by atoms with van der Waals surface area (Å²) in [5, 5.41) is 0. The zero-order valence-electron chi connectivity index (χ0n) is 18.3. The first kappa shape index (κ1) is 21.0. The Morgan fingerprint density at radius 1 is 1.00 bits per heavy atom. The molecule has 28 heavy (non-hydrogen) atoms. The van der Waals surface area contributed by atoms with Crippen molar-refractivity contribution < 1.29 is 0 Å². The van der Waals surface area contributed by atoms with E-state index >= 15 is 0 Å². The summed E-state index contributed by atoms with van der Waals surface area (Å²) in [5.41, 5.74) is 7.08. The van der Waals surface area contributed by atoms with Gasteiger partial charge in [-0.2, -0.15) is 0 Å². The second-order valence-electron chi connectivity index (χ2n) is 8.29. The molecule has 1 saturated heterocycles. The maximum Gasteiger partial charge on any atom is 0.0321 e. The number of benzene rings is 1. The van der Waals surface area contributed by atoms with Gasteiger partial charge in [0.1, 0.15) is 0 Å². The number of likely N-dealkylation sites (N-methyl/N-ethyl adjacent to an activating group) is 1. The SMILES string of the molecule is CCN1CCN(Cc2cc(C)cc(CN(C)C(C)c3ccncc3)c2C)CC1. The van der Waals surface area contributed by atoms with Crippen molar-refractivity contribution >= 4 is 0 Å². The van der Waals surface area contributed by atoms with Gasteiger partial charge in [0.15, 0.2) is 0 Å². The highest BCUT2D eigenvalue weighted by molar-refractivity contribution is 5.38. The summed E-state index contributed by atoms with van der Waals surface area (Å²) in [6, 6.07) is 9.35. The van der Waals surface area contributed by atoms with Crippen LogP contribution in [0.15, 0.2) is 36.7 Å². The standard InChI is InChI=1S/C24H36N4/c1-6-27-11-13-28(14-12-27)18-24-16-19(2)15-23(20(24)3)17-26(5)21(4)22-7-9-25-10-8-22/h7-10,15-16,21H,6,11-14,17-18H2,1-5H3. The first-order valence-electron chi connectivity index (χ1n) is 10.6. The molecule has 3 rings (SSSR count). The van der Waals surface area contributed by atoms with Gasteiger partial charge in [-0.1, -0.05) is 24.6 Å². The van der Waals surface area contributed by atoms with Crippen LogP contribution >= 0.6 is 0 Å². The molecule has 1 aromatic heterocycles. The summed E-state index contributed by atoms with van der Waals surface area (Å²) in [6.45, 7) is 17.0. The molecule has 4 heteroatoms. The van der Waals surface area contributed by atoms with E-state index in [2.05, 4.69) is 78.7 Å². The lowest BCUT2D eigenvalue weighted by atomic mass is 9.97. The molecule has 0 saturated carbocycles. The number of hydrogen-bond acceptors (Lipinski definition) is 4. The Hall–Kier alpha value is -1.75. The van der Waals surface area contributed by atoms with Crippen LogP contribution in [0.2, 0.25) is 0 Å². The van der Waals surface area contributed by atoms with Crippen molar-refractivity contribution in [2.24, 2.45) is 0 Å². The van der Waals surface area contributed by atoms with Crippen LogP contribution in [0.4, 0.5) is 0 Å². The Morgan fingerprint density at radius 2 is 1.61 bits per heavy atom. The van der Waals surface area contributed by atoms with E-state index < -0.39 is 0 Å². The van der Waals surface area contributed by atoms with Gasteiger partial charge in [-0.25, -0.2) is 0 Å². The van der Waals surface area contributed by atoms with Crippen LogP contribution in [-0.4, -0.2) is 59.5 Å². The third-order valence-corrected chi connectivity index (χ3v) is 6.34. The maximum atomic E-state index is 4.15. The fraction of sp³-hybridized carbons (Fsp3) is 0.542. The van der Waals surface area contributed by atoms with Gasteiger partial charge >= 0.3 is 0 Å². The molecule has 0 N–H and O–H groups in total. The molecule has 1 atom stereocenters. The molecule has 2 aromatic rings. The first-order valence-corrected chi connectivity index (χ1v) is 10.6. The molecule has 0 amide bonds. The quantitative estimate of drug-likeness (QED) is 0.723. The summed E-state index contributed by atoms with van der Waals surface area (Å²) in [6.07, 6.45) is 3.77. The molecule has 1 unspecified atom stereocenters. The minimum absolute atomic E-state index is 0.369. The largest absolute Gasteiger partial charge is 0.301 e. The number of aryl methyl sites for hydroxylation is 1. The highest BCUT2D eigenvalue weighted by Gasteiger charge is 2.18. The van der Waals surface area contributed by atoms with E-state index in [0.29, 0.717) is 6.04 Å². The van der Waals surface area contributed by atoms with E-state index in [4.69, 9.17) is 0 Å². The van der Waals surface area contributed by atoms with Gasteiger partial charge in [-0.3, -0.25) is 14.8 Å². The monoisotopic (exact) mass is 380 g/mol. The summed E-state index contributed by atoms with van der Waals surface area (Å²) in [7, 11) is 2.22. The fourth-order valence-electron chi connectivity index (χ4n) is 4.15. The van der Waals surface area contributed by atoms with E-state index in [1.807, 2.05) is 12.4 Å². The van der Waals surface area contributed by atoms with Crippen molar-refractivity contribution in [2.75, 3.05) is 39.8 Å². The Morgan fingerprint density at radius 3 is 2.25 bits per heavy atom. The van der Waals surface area contributed by atoms with Gasteiger partial charge in [0.2, 0.25) is 0 Å². The minimum atomic E-state index is 0.369. The molecule has 0 bridgehead atoms. The van der Waals surface area contributed by atoms with Gasteiger partial charge in [-0.15, -0.1) is 0 Å². The molecule has 1 aliphatic heterocycles. The number of hydrogen-bond donors (Lipinski definition) is 0. The van der Waals surface area contributed by atoms with Crippen molar-refractivity contribution in [3.05, 3.63) is 64.5 Å². The molecule has 0 radical (unpaired) electrons. The fourth-order valence-corrected chi connectivity index (χ4v) is 4.15. The van der Waals surface area contributed by atoms with Crippen LogP contribution in [0.25, 0.3) is 0 Å². The smallest absolute Gasteiger partial charge is 0.0321 e. The highest BCUT2D eigenvalue weighted by Crippen LogP contribution is 2.24. The topological polar surface area (TPSA) is 22.6 Å². The van der Waals surface area contributed by atoms with E-state index in [9.17, 15) is 0 Å². The number of aromatic nitrogens is 1. The highest BCUT2D eigenvalue weighted by atomic mass is 15.3. The van der Waals surface area contributed by atoms with E-state index in [0.717, 1.165) is 13.1 Å². The van der Waals surface area contributed by atoms with Crippen molar-refractivity contribution in [2.45, 2.75) is 46.8 Å². The van der Waals surface area contributed by atoms with Crippen LogP contribution < -0.4 is 0 Å². The number of pyridine rings is 1. The third kappa shape index (κ3) is 5.19. The van der Waals surface area contributed by atoms with Crippen LogP contribution in [-0.2, 0) is 13.1 Å². The summed E-state index contributed by atoms with van der Waals surface area (Å²) in [4.78, 5) is 11.7. The molecule has 0 spiro atoms. The average Bonchev–Trinajstić information content (AvgIpc) is 2.72. The van der Waals surface area contributed by atoms with Crippen molar-refractivity contribution in [3.63, 3.8) is 0 Å². The van der Waals surface area contributed by atoms with Crippen LogP contribution in [0.5, 0.6) is 0 Å². The van der Waals surface area contributed by atoms with Crippen LogP contribution in [0.1, 0.15) is 47.7 Å². The third-order valence-electron chi connectivity index (χ3n) is 6.34. The van der Waals surface area contributed by atoms with Crippen molar-refractivity contribution in [3.8, 4) is 0 Å². The van der Waals surface area contributed by atoms with Crippen LogP contribution in [0.3, 0.4) is 0 Å². The second kappa shape index (κ2) is 9.64. The lowest BCUT2D eigenvalue weighted by Gasteiger charge is -2.34. The predicted octanol–water partition coefficient (Wildman–Crippen LogP) is 4.03. The van der Waals surface area contributed by atoms with Gasteiger partial charge in [0.25, 0.3) is 0 Å². The second-order valence-corrected chi connectivity index (χ2v) is 8.29. The average molecular weight is 381 g/mol. The van der Waals surface area contributed by atoms with Gasteiger partial charge in [0, 0.05) is 57.7 Å². The summed E-state index contributed by atoms with van der Waals surface area (Å²) in [5.74, 6) is 0. The lowest BCUT2D eigenvalue weighted by Crippen LogP contribution is -2.45. The lowest BCUT2D eigenvalue weighted by molar-refractivity contribution is 0.131. The molecule has 1 fully saturated rings. The first-order chi connectivity index (χ1) is 13.5. The van der Waals surface area contributed by atoms with Crippen LogP contribution in [0, 0.1) is 13.8 Å². The molecular weight excluding hydrogens is 344 g/mol. The molecule has 2 heterocycles. The predicted molar refractivity (Wildman–Crippen MR) is 117 cm³/mol. The van der Waals surface area contributed by atoms with Crippen molar-refractivity contribution in [1.29, 1.82) is 0 Å². The zero-order chi connectivity index (χ0) is 20.1. The van der Waals surface area contributed by atoms with Gasteiger partial charge in [-0.05, 0) is 68.8 Å². The summed E-state index contributed by atoms with van der Waals surface area (Å²) < 4.78 is 0. The molecular formula is C24H36N4. The van der Waals surface area contributed by atoms with Crippen molar-refractivity contribution in [1.82, 2.24) is 19.7 Å². The number of nitrogens with zero attached hydrogens (tertiary/aromatic N) is 4. The summed E-state index contributed by atoms with van der Waals surface area (Å²) >= 11 is 0. The number of rotatable bonds is 7. The Labute approximate surface area is 171 Å². The molecule has 152 valence electrons. The normalized spacial score (nSPS) is 17.2. The van der Waals surface area contributed by atoms with E-state index in [-0.39, 0.29) is 0 Å². The number of piperazine rings is 1. The van der Waals surface area contributed by atoms with Gasteiger partial charge in [0.05, 0.1) is 0 Å². The molecule has 1 aromatic carbocycles. The Balaban J connectivity index is 1.70. The maximum absolute atomic E-state index is 4.15. The van der Waals surface area contributed by atoms with Gasteiger partial charge < -0.3 is 4.90 Å². The molecule has 0 aliphatic carbocycles. The Kier molecular flexibility index (Phi) is 7.22. The Bertz CT molecular complexity index is 751. The molecule has 4 nitrogen and oxygen atoms in total.